The van der Waals surface area contributed by atoms with Crippen molar-refractivity contribution in [3.05, 3.63) is 0 Å². The van der Waals surface area contributed by atoms with Crippen molar-refractivity contribution in [1.29, 1.82) is 0 Å². The SMILES string of the molecule is O=C(OCC1CCCC(CO)C1)C(F)(F)SOOO. The molecule has 0 aliphatic heterocycles. The van der Waals surface area contributed by atoms with Gasteiger partial charge in [0.25, 0.3) is 0 Å². The van der Waals surface area contributed by atoms with Gasteiger partial charge in [-0.2, -0.15) is 8.78 Å². The van der Waals surface area contributed by atoms with Crippen molar-refractivity contribution in [2.24, 2.45) is 11.8 Å². The van der Waals surface area contributed by atoms with Gasteiger partial charge < -0.3 is 9.84 Å². The summed E-state index contributed by atoms with van der Waals surface area (Å²) in [7, 11) is 0. The molecule has 1 aliphatic rings. The van der Waals surface area contributed by atoms with Gasteiger partial charge in [-0.3, -0.25) is 0 Å². The zero-order chi connectivity index (χ0) is 14.3. The van der Waals surface area contributed by atoms with Crippen molar-refractivity contribution in [2.75, 3.05) is 13.2 Å². The van der Waals surface area contributed by atoms with Gasteiger partial charge in [-0.15, -0.1) is 4.33 Å². The summed E-state index contributed by atoms with van der Waals surface area (Å²) in [4.78, 5) is 11.1. The molecule has 2 N–H and O–H groups in total. The fourth-order valence-electron chi connectivity index (χ4n) is 2.09. The number of aliphatic hydroxyl groups excluding tert-OH is 1. The molecule has 0 spiro atoms. The van der Waals surface area contributed by atoms with E-state index >= 15 is 0 Å². The van der Waals surface area contributed by atoms with Crippen LogP contribution >= 0.6 is 12.0 Å². The number of hydrogen-bond acceptors (Lipinski definition) is 7. The minimum absolute atomic E-state index is 0.0225. The highest BCUT2D eigenvalue weighted by Crippen LogP contribution is 2.33. The monoisotopic (exact) mass is 302 g/mol. The fraction of sp³-hybridized carbons (Fsp3) is 0.900. The lowest BCUT2D eigenvalue weighted by Gasteiger charge is -2.27. The Labute approximate surface area is 113 Å². The second-order valence-corrected chi connectivity index (χ2v) is 5.24. The van der Waals surface area contributed by atoms with E-state index in [1.54, 1.807) is 0 Å². The van der Waals surface area contributed by atoms with Crippen LogP contribution < -0.4 is 0 Å². The summed E-state index contributed by atoms with van der Waals surface area (Å²) in [5.74, 6) is -1.63. The van der Waals surface area contributed by atoms with E-state index in [1.165, 1.54) is 0 Å². The van der Waals surface area contributed by atoms with Crippen molar-refractivity contribution in [1.82, 2.24) is 0 Å². The topological polar surface area (TPSA) is 85.2 Å². The number of aliphatic hydroxyl groups is 1. The highest BCUT2D eigenvalue weighted by Gasteiger charge is 2.44. The lowest BCUT2D eigenvalue weighted by Crippen LogP contribution is -2.30. The van der Waals surface area contributed by atoms with E-state index in [4.69, 9.17) is 10.4 Å². The highest BCUT2D eigenvalue weighted by atomic mass is 32.2. The molecule has 0 bridgehead atoms. The van der Waals surface area contributed by atoms with Crippen molar-refractivity contribution in [3.63, 3.8) is 0 Å². The molecule has 0 saturated heterocycles. The van der Waals surface area contributed by atoms with Crippen LogP contribution in [-0.4, -0.2) is 34.8 Å². The third-order valence-corrected chi connectivity index (χ3v) is 3.51. The van der Waals surface area contributed by atoms with Gasteiger partial charge in [0.15, 0.2) is 0 Å². The summed E-state index contributed by atoms with van der Waals surface area (Å²) in [6.45, 7) is -0.0659. The molecule has 2 atom stereocenters. The molecule has 19 heavy (non-hydrogen) atoms. The Morgan fingerprint density at radius 3 is 2.68 bits per heavy atom. The molecule has 1 fully saturated rings. The second-order valence-electron chi connectivity index (χ2n) is 4.42. The minimum Gasteiger partial charge on any atom is -0.460 e. The molecular weight excluding hydrogens is 286 g/mol. The first-order chi connectivity index (χ1) is 8.99. The number of esters is 1. The van der Waals surface area contributed by atoms with Crippen LogP contribution in [0.2, 0.25) is 0 Å². The number of carbonyl (C=O) groups is 1. The number of ether oxygens (including phenoxy) is 1. The Morgan fingerprint density at radius 1 is 1.37 bits per heavy atom. The zero-order valence-electron chi connectivity index (χ0n) is 10.1. The van der Waals surface area contributed by atoms with Crippen LogP contribution in [0.25, 0.3) is 0 Å². The number of rotatable bonds is 7. The molecule has 112 valence electrons. The van der Waals surface area contributed by atoms with E-state index in [0.29, 0.717) is 6.42 Å². The van der Waals surface area contributed by atoms with Gasteiger partial charge in [0.1, 0.15) is 12.0 Å². The molecule has 6 nitrogen and oxygen atoms in total. The van der Waals surface area contributed by atoms with Gasteiger partial charge >= 0.3 is 11.2 Å². The fourth-order valence-corrected chi connectivity index (χ4v) is 2.33. The maximum atomic E-state index is 13.0. The van der Waals surface area contributed by atoms with Crippen LogP contribution in [0.3, 0.4) is 0 Å². The molecule has 0 amide bonds. The van der Waals surface area contributed by atoms with Crippen LogP contribution in [0.4, 0.5) is 8.78 Å². The van der Waals surface area contributed by atoms with Crippen LogP contribution in [0.15, 0.2) is 0 Å². The molecule has 2 unspecified atom stereocenters. The molecular formula is C10H16F2O6S. The van der Waals surface area contributed by atoms with Gasteiger partial charge in [0.2, 0.25) is 0 Å². The van der Waals surface area contributed by atoms with Crippen LogP contribution in [0, 0.1) is 11.8 Å². The van der Waals surface area contributed by atoms with Crippen molar-refractivity contribution in [2.45, 2.75) is 30.9 Å². The number of alkyl halides is 2. The average Bonchev–Trinajstić information content (AvgIpc) is 2.42. The zero-order valence-corrected chi connectivity index (χ0v) is 10.9. The summed E-state index contributed by atoms with van der Waals surface area (Å²) >= 11 is -0.642. The molecule has 1 saturated carbocycles. The molecule has 0 aromatic heterocycles. The first-order valence-electron chi connectivity index (χ1n) is 5.81. The van der Waals surface area contributed by atoms with Crippen molar-refractivity contribution >= 4 is 18.0 Å². The van der Waals surface area contributed by atoms with E-state index in [9.17, 15) is 13.6 Å². The number of hydrogen-bond donors (Lipinski definition) is 2. The average molecular weight is 302 g/mol. The third-order valence-electron chi connectivity index (χ3n) is 3.01. The molecule has 0 aromatic carbocycles. The summed E-state index contributed by atoms with van der Waals surface area (Å²) in [5, 5.41) is 15.8. The van der Waals surface area contributed by atoms with Crippen LogP contribution in [0.1, 0.15) is 25.7 Å². The molecule has 0 radical (unpaired) electrons. The highest BCUT2D eigenvalue weighted by molar-refractivity contribution is 7.96. The van der Waals surface area contributed by atoms with E-state index in [0.717, 1.165) is 19.3 Å². The first kappa shape index (κ1) is 16.6. The van der Waals surface area contributed by atoms with Crippen molar-refractivity contribution in [3.8, 4) is 0 Å². The second kappa shape index (κ2) is 7.95. The number of carbonyl (C=O) groups excluding carboxylic acids is 1. The maximum Gasteiger partial charge on any atom is 0.415 e. The van der Waals surface area contributed by atoms with E-state index in [2.05, 4.69) is 14.1 Å². The van der Waals surface area contributed by atoms with Gasteiger partial charge in [0.05, 0.1) is 6.61 Å². The maximum absolute atomic E-state index is 13.0. The molecule has 1 aliphatic carbocycles. The van der Waals surface area contributed by atoms with E-state index in [-0.39, 0.29) is 25.0 Å². The minimum atomic E-state index is -3.95. The standard InChI is InChI=1S/C10H16F2O6S/c11-10(12,19-18-17-15)9(14)16-6-8-3-1-2-7(4-8)5-13/h7-8,13,15H,1-6H2. The molecule has 0 aromatic rings. The van der Waals surface area contributed by atoms with E-state index in [1.807, 2.05) is 0 Å². The van der Waals surface area contributed by atoms with Gasteiger partial charge in [-0.25, -0.2) is 10.1 Å². The van der Waals surface area contributed by atoms with Crippen LogP contribution in [0.5, 0.6) is 0 Å². The number of halogens is 2. The quantitative estimate of drug-likeness (QED) is 0.322. The lowest BCUT2D eigenvalue weighted by molar-refractivity contribution is -0.433. The Bertz CT molecular complexity index is 291. The lowest BCUT2D eigenvalue weighted by atomic mass is 9.82. The summed E-state index contributed by atoms with van der Waals surface area (Å²) in [5.41, 5.74) is 0. The Balaban J connectivity index is 2.32. The molecule has 0 heterocycles. The van der Waals surface area contributed by atoms with Crippen LogP contribution in [-0.2, 0) is 18.9 Å². The predicted molar refractivity (Wildman–Crippen MR) is 60.8 cm³/mol. The Morgan fingerprint density at radius 2 is 2.05 bits per heavy atom. The Kier molecular flexibility index (Phi) is 6.94. The molecule has 9 heteroatoms. The normalized spacial score (nSPS) is 24.2. The van der Waals surface area contributed by atoms with Gasteiger partial charge in [0, 0.05) is 6.61 Å². The third kappa shape index (κ3) is 5.57. The van der Waals surface area contributed by atoms with Crippen molar-refractivity contribution < 1.29 is 38.0 Å². The molecule has 1 rings (SSSR count). The Hall–Kier alpha value is -0.480. The predicted octanol–water partition coefficient (Wildman–Crippen LogP) is 1.99. The summed E-state index contributed by atoms with van der Waals surface area (Å²) in [6.07, 6.45) is 3.20. The van der Waals surface area contributed by atoms with Gasteiger partial charge in [-0.05, 0) is 31.1 Å². The first-order valence-corrected chi connectivity index (χ1v) is 6.55. The van der Waals surface area contributed by atoms with E-state index < -0.39 is 23.3 Å². The smallest absolute Gasteiger partial charge is 0.415 e. The summed E-state index contributed by atoms with van der Waals surface area (Å²) in [6, 6.07) is 0. The largest absolute Gasteiger partial charge is 0.460 e. The summed E-state index contributed by atoms with van der Waals surface area (Å²) < 4.78 is 34.1. The van der Waals surface area contributed by atoms with Gasteiger partial charge in [-0.1, -0.05) is 11.5 Å².